The van der Waals surface area contributed by atoms with Crippen LogP contribution in [-0.2, 0) is 24.9 Å². The van der Waals surface area contributed by atoms with Crippen molar-refractivity contribution in [3.8, 4) is 16.8 Å². The third-order valence-electron chi connectivity index (χ3n) is 13.5. The van der Waals surface area contributed by atoms with E-state index in [2.05, 4.69) is 176 Å². The number of allylic oxidation sites excluding steroid dienone is 3. The Hall–Kier alpha value is -5.97. The van der Waals surface area contributed by atoms with Crippen LogP contribution in [0.4, 0.5) is 5.69 Å². The number of hydrogen-bond donors (Lipinski definition) is 3. The number of carbonyl (C=O) groups is 2. The van der Waals surface area contributed by atoms with Crippen LogP contribution < -0.4 is 20.5 Å². The predicted molar refractivity (Wildman–Crippen MR) is 269 cm³/mol. The summed E-state index contributed by atoms with van der Waals surface area (Å²) in [4.78, 5) is 26.8. The molecule has 0 saturated heterocycles. The minimum absolute atomic E-state index is 0.0674. The smallest absolute Gasteiger partial charge is 0.251 e. The number of anilines is 1. The number of pyridine rings is 1. The Balaban J connectivity index is 0.757. The molecule has 326 valence electrons. The van der Waals surface area contributed by atoms with Crippen molar-refractivity contribution >= 4 is 66.5 Å². The van der Waals surface area contributed by atoms with Crippen molar-refractivity contribution in [1.29, 1.82) is 0 Å². The summed E-state index contributed by atoms with van der Waals surface area (Å²) in [7, 11) is 7.66. The number of rotatable bonds is 11. The molecule has 4 aromatic carbocycles. The molecule has 0 atom stereocenters. The Bertz CT molecular complexity index is 3060. The molecule has 8 nitrogen and oxygen atoms in total. The number of fused-ring (bicyclic) bond motifs is 6. The number of carbonyl (C=O) groups excluding carboxylic acids is 2. The molecule has 7 aromatic rings. The standard InChI is InChI=1S/C54H56N6O2S2/c1-34-49(40-13-9-11-15-45(40)58(34)7)36-21-24-53(3,4)42-31-38(17-19-44(42)55-25-22-36)51(61)56-26-29-63-64-30-27-57-52(62)39-18-20-47-43(32-39)54(5,6)48-33-37(23-28-60(47)48)50-35(2)59(8)46-16-12-10-14-41(46)50/h9-23,25,28,31-33H,24,26-27,29-30H2,1-8H3,(H2-,55,56,57,61,62)/p+1/b25-22-,36-21+. The quantitative estimate of drug-likeness (QED) is 0.0685. The minimum Gasteiger partial charge on any atom is -0.361 e. The van der Waals surface area contributed by atoms with Gasteiger partial charge in [-0.2, -0.15) is 4.57 Å². The van der Waals surface area contributed by atoms with Crippen molar-refractivity contribution in [2.75, 3.05) is 29.9 Å². The predicted octanol–water partition coefficient (Wildman–Crippen LogP) is 11.1. The van der Waals surface area contributed by atoms with E-state index >= 15 is 0 Å². The van der Waals surface area contributed by atoms with Crippen molar-refractivity contribution in [3.63, 3.8) is 0 Å². The lowest BCUT2D eigenvalue weighted by Crippen LogP contribution is -2.34. The maximum Gasteiger partial charge on any atom is 0.251 e. The number of para-hydroxylation sites is 2. The maximum absolute atomic E-state index is 13.4. The molecule has 0 fully saturated rings. The average Bonchev–Trinajstić information content (AvgIpc) is 3.82. The zero-order chi connectivity index (χ0) is 44.9. The molecule has 5 heterocycles. The molecule has 3 N–H and O–H groups in total. The maximum atomic E-state index is 13.4. The van der Waals surface area contributed by atoms with Gasteiger partial charge in [-0.1, -0.05) is 77.9 Å². The molecule has 3 aromatic heterocycles. The van der Waals surface area contributed by atoms with Crippen LogP contribution in [0, 0.1) is 13.8 Å². The second kappa shape index (κ2) is 17.2. The Kier molecular flexibility index (Phi) is 11.6. The molecule has 2 aliphatic heterocycles. The summed E-state index contributed by atoms with van der Waals surface area (Å²) in [5, 5.41) is 12.3. The molecular weight excluding hydrogens is 829 g/mol. The fourth-order valence-electron chi connectivity index (χ4n) is 9.70. The van der Waals surface area contributed by atoms with Gasteiger partial charge in [0.05, 0.1) is 5.41 Å². The molecule has 0 bridgehead atoms. The van der Waals surface area contributed by atoms with Crippen LogP contribution in [0.1, 0.15) is 88.6 Å². The highest BCUT2D eigenvalue weighted by Crippen LogP contribution is 2.42. The molecule has 64 heavy (non-hydrogen) atoms. The van der Waals surface area contributed by atoms with E-state index in [0.717, 1.165) is 40.4 Å². The van der Waals surface area contributed by atoms with Gasteiger partial charge in [-0.25, -0.2) is 0 Å². The van der Waals surface area contributed by atoms with E-state index in [0.29, 0.717) is 24.2 Å². The zero-order valence-electron chi connectivity index (χ0n) is 38.1. The number of nitrogens with one attached hydrogen (secondary N) is 3. The van der Waals surface area contributed by atoms with Crippen LogP contribution in [0.2, 0.25) is 0 Å². The Morgan fingerprint density at radius 3 is 1.95 bits per heavy atom. The molecule has 2 amide bonds. The van der Waals surface area contributed by atoms with Crippen molar-refractivity contribution in [3.05, 3.63) is 167 Å². The first-order chi connectivity index (χ1) is 30.8. The van der Waals surface area contributed by atoms with Crippen LogP contribution >= 0.6 is 21.6 Å². The summed E-state index contributed by atoms with van der Waals surface area (Å²) < 4.78 is 6.80. The van der Waals surface area contributed by atoms with Gasteiger partial charge in [0.15, 0.2) is 11.9 Å². The van der Waals surface area contributed by atoms with Gasteiger partial charge in [0.25, 0.3) is 11.8 Å². The first-order valence-corrected chi connectivity index (χ1v) is 24.6. The van der Waals surface area contributed by atoms with Crippen LogP contribution in [-0.4, -0.2) is 45.5 Å². The monoisotopic (exact) mass is 885 g/mol. The molecule has 0 aliphatic carbocycles. The highest BCUT2D eigenvalue weighted by molar-refractivity contribution is 8.76. The number of hydrogen-bond acceptors (Lipinski definition) is 5. The normalized spacial score (nSPS) is 16.1. The molecule has 9 rings (SSSR count). The van der Waals surface area contributed by atoms with Crippen LogP contribution in [0.5, 0.6) is 0 Å². The number of benzene rings is 4. The lowest BCUT2D eigenvalue weighted by molar-refractivity contribution is -0.599. The van der Waals surface area contributed by atoms with Gasteiger partial charge < -0.3 is 25.1 Å². The number of aromatic nitrogens is 3. The third-order valence-corrected chi connectivity index (χ3v) is 15.9. The summed E-state index contributed by atoms with van der Waals surface area (Å²) >= 11 is 0. The van der Waals surface area contributed by atoms with E-state index in [1.54, 1.807) is 21.6 Å². The number of amides is 2. The Morgan fingerprint density at radius 2 is 1.30 bits per heavy atom. The van der Waals surface area contributed by atoms with E-state index < -0.39 is 0 Å². The van der Waals surface area contributed by atoms with E-state index in [9.17, 15) is 9.59 Å². The molecule has 10 heteroatoms. The first kappa shape index (κ1) is 43.3. The number of nitrogens with zero attached hydrogens (tertiary/aromatic N) is 3. The van der Waals surface area contributed by atoms with Gasteiger partial charge in [0.2, 0.25) is 5.69 Å². The summed E-state index contributed by atoms with van der Waals surface area (Å²) in [6.45, 7) is 14.5. The van der Waals surface area contributed by atoms with Crippen molar-refractivity contribution < 1.29 is 14.2 Å². The Morgan fingerprint density at radius 1 is 0.719 bits per heavy atom. The van der Waals surface area contributed by atoms with Gasteiger partial charge in [-0.15, -0.1) is 0 Å². The molecule has 0 spiro atoms. The van der Waals surface area contributed by atoms with E-state index in [-0.39, 0.29) is 22.6 Å². The second-order valence-electron chi connectivity index (χ2n) is 18.2. The fourth-order valence-corrected chi connectivity index (χ4v) is 11.5. The average molecular weight is 886 g/mol. The van der Waals surface area contributed by atoms with Crippen molar-refractivity contribution in [2.24, 2.45) is 14.1 Å². The molecular formula is C54H57N6O2S2+. The van der Waals surface area contributed by atoms with Gasteiger partial charge in [0, 0.05) is 130 Å². The minimum atomic E-state index is -0.286. The van der Waals surface area contributed by atoms with Gasteiger partial charge in [-0.05, 0) is 105 Å². The highest BCUT2D eigenvalue weighted by atomic mass is 33.1. The van der Waals surface area contributed by atoms with E-state index in [1.165, 1.54) is 61.2 Å². The van der Waals surface area contributed by atoms with Crippen LogP contribution in [0.25, 0.3) is 44.2 Å². The third kappa shape index (κ3) is 7.74. The fraction of sp³-hybridized carbons (Fsp3) is 0.278. The number of aryl methyl sites for hydroxylation is 2. The first-order valence-electron chi connectivity index (χ1n) is 22.1. The van der Waals surface area contributed by atoms with E-state index in [1.807, 2.05) is 30.5 Å². The van der Waals surface area contributed by atoms with Crippen molar-refractivity contribution in [1.82, 2.24) is 19.8 Å². The largest absolute Gasteiger partial charge is 0.361 e. The van der Waals surface area contributed by atoms with Gasteiger partial charge >= 0.3 is 0 Å². The summed E-state index contributed by atoms with van der Waals surface area (Å²) in [6, 6.07) is 33.7. The van der Waals surface area contributed by atoms with Gasteiger partial charge in [-0.3, -0.25) is 9.59 Å². The molecule has 0 radical (unpaired) electrons. The second-order valence-corrected chi connectivity index (χ2v) is 20.9. The van der Waals surface area contributed by atoms with Crippen LogP contribution in [0.15, 0.2) is 122 Å². The SMILES string of the molecule is Cc1c(C2=C/CC(C)(C)c3cc(C(=O)NCCSSCCNC(=O)c4ccc5c(c4)C(C)(C)c4cc(-c6c(C)n(C)c7ccccc67)cc[n+]4-5)ccc3N/C=C\2)c2ccccc2n1C. The Labute approximate surface area is 384 Å². The van der Waals surface area contributed by atoms with Crippen molar-refractivity contribution in [2.45, 2.75) is 58.8 Å². The van der Waals surface area contributed by atoms with Gasteiger partial charge in [0.1, 0.15) is 0 Å². The van der Waals surface area contributed by atoms with E-state index in [4.69, 9.17) is 0 Å². The lowest BCUT2D eigenvalue weighted by atomic mass is 9.79. The zero-order valence-corrected chi connectivity index (χ0v) is 39.7. The molecule has 0 saturated carbocycles. The summed E-state index contributed by atoms with van der Waals surface area (Å²) in [5.74, 6) is 1.38. The topological polar surface area (TPSA) is 84.0 Å². The molecule has 2 aliphatic rings. The summed E-state index contributed by atoms with van der Waals surface area (Å²) in [5.41, 5.74) is 16.2. The lowest BCUT2D eigenvalue weighted by Gasteiger charge is -2.27. The summed E-state index contributed by atoms with van der Waals surface area (Å²) in [6.07, 6.45) is 9.51. The van der Waals surface area contributed by atoms with Crippen LogP contribution in [0.3, 0.4) is 0 Å². The molecule has 0 unspecified atom stereocenters. The highest BCUT2D eigenvalue weighted by Gasteiger charge is 2.44.